The molecule has 19 heavy (non-hydrogen) atoms. The van der Waals surface area contributed by atoms with E-state index in [-0.39, 0.29) is 0 Å². The molecule has 0 radical (unpaired) electrons. The molecule has 1 heterocycles. The lowest BCUT2D eigenvalue weighted by atomic mass is 10.2. The third-order valence-electron chi connectivity index (χ3n) is 2.53. The number of carbonyl (C=O) groups excluding carboxylic acids is 1. The lowest BCUT2D eigenvalue weighted by Gasteiger charge is -2.11. The highest BCUT2D eigenvalue weighted by molar-refractivity contribution is 7.22. The van der Waals surface area contributed by atoms with Crippen molar-refractivity contribution in [2.24, 2.45) is 0 Å². The van der Waals surface area contributed by atoms with Crippen LogP contribution in [0.25, 0.3) is 10.2 Å². The molecule has 0 saturated carbocycles. The number of amides is 2. The van der Waals surface area contributed by atoms with Crippen LogP contribution in [0.2, 0.25) is 0 Å². The van der Waals surface area contributed by atoms with Gasteiger partial charge in [0, 0.05) is 0 Å². The van der Waals surface area contributed by atoms with Crippen LogP contribution in [0, 0.1) is 0 Å². The number of carboxylic acid groups (broad SMARTS) is 1. The number of hydrogen-bond acceptors (Lipinski definition) is 4. The van der Waals surface area contributed by atoms with Crippen molar-refractivity contribution in [3.8, 4) is 0 Å². The second-order valence-electron chi connectivity index (χ2n) is 3.88. The van der Waals surface area contributed by atoms with Crippen LogP contribution in [0.3, 0.4) is 0 Å². The summed E-state index contributed by atoms with van der Waals surface area (Å²) in [6.07, 6.45) is 0.322. The quantitative estimate of drug-likeness (QED) is 0.800. The minimum absolute atomic E-state index is 0.322. The molecule has 1 aromatic heterocycles. The molecule has 0 saturated heterocycles. The van der Waals surface area contributed by atoms with E-state index in [9.17, 15) is 9.59 Å². The number of nitrogens with one attached hydrogen (secondary N) is 2. The molecule has 0 spiro atoms. The predicted molar refractivity (Wildman–Crippen MR) is 73.5 cm³/mol. The first-order valence-electron chi connectivity index (χ1n) is 5.76. The normalized spacial score (nSPS) is 12.1. The van der Waals surface area contributed by atoms with Gasteiger partial charge in [-0.05, 0) is 18.6 Å². The summed E-state index contributed by atoms with van der Waals surface area (Å²) in [6.45, 7) is 1.69. The smallest absolute Gasteiger partial charge is 0.326 e. The number of fused-ring (bicyclic) bond motifs is 1. The molecule has 0 bridgehead atoms. The molecule has 0 fully saturated rings. The molecule has 2 amide bonds. The molecule has 1 unspecified atom stereocenters. The van der Waals surface area contributed by atoms with Gasteiger partial charge in [0.2, 0.25) is 0 Å². The highest BCUT2D eigenvalue weighted by Gasteiger charge is 2.18. The van der Waals surface area contributed by atoms with Gasteiger partial charge in [0.25, 0.3) is 0 Å². The van der Waals surface area contributed by atoms with E-state index in [1.807, 2.05) is 24.3 Å². The number of benzene rings is 1. The molecule has 2 rings (SSSR count). The Morgan fingerprint density at radius 3 is 2.79 bits per heavy atom. The zero-order valence-corrected chi connectivity index (χ0v) is 11.0. The van der Waals surface area contributed by atoms with Crippen LogP contribution in [-0.4, -0.2) is 28.1 Å². The van der Waals surface area contributed by atoms with Gasteiger partial charge in [-0.2, -0.15) is 0 Å². The van der Waals surface area contributed by atoms with Gasteiger partial charge in [0.15, 0.2) is 5.13 Å². The Bertz CT molecular complexity index is 578. The summed E-state index contributed by atoms with van der Waals surface area (Å²) in [4.78, 5) is 26.7. The van der Waals surface area contributed by atoms with Gasteiger partial charge in [-0.25, -0.2) is 14.6 Å². The number of para-hydroxylation sites is 1. The summed E-state index contributed by atoms with van der Waals surface area (Å²) in [6, 6.07) is 6.05. The molecule has 3 N–H and O–H groups in total. The number of aliphatic carboxylic acids is 1. The Morgan fingerprint density at radius 2 is 2.16 bits per heavy atom. The van der Waals surface area contributed by atoms with Crippen molar-refractivity contribution in [3.63, 3.8) is 0 Å². The van der Waals surface area contributed by atoms with Crippen LogP contribution in [0.1, 0.15) is 13.3 Å². The molecule has 6 nitrogen and oxygen atoms in total. The van der Waals surface area contributed by atoms with Gasteiger partial charge in [0.05, 0.1) is 10.2 Å². The molecule has 1 atom stereocenters. The van der Waals surface area contributed by atoms with E-state index in [2.05, 4.69) is 15.6 Å². The number of anilines is 1. The van der Waals surface area contributed by atoms with Crippen molar-refractivity contribution in [3.05, 3.63) is 24.3 Å². The van der Waals surface area contributed by atoms with E-state index in [0.29, 0.717) is 11.6 Å². The summed E-state index contributed by atoms with van der Waals surface area (Å²) in [5.41, 5.74) is 0.799. The highest BCUT2D eigenvalue weighted by Crippen LogP contribution is 2.25. The van der Waals surface area contributed by atoms with Crippen LogP contribution < -0.4 is 10.6 Å². The molecule has 0 aliphatic carbocycles. The fourth-order valence-electron chi connectivity index (χ4n) is 1.56. The minimum atomic E-state index is -1.05. The van der Waals surface area contributed by atoms with Crippen molar-refractivity contribution >= 4 is 38.7 Å². The minimum Gasteiger partial charge on any atom is -0.480 e. The van der Waals surface area contributed by atoms with Crippen molar-refractivity contribution in [1.82, 2.24) is 10.3 Å². The molecule has 100 valence electrons. The van der Waals surface area contributed by atoms with Crippen LogP contribution in [0.4, 0.5) is 9.93 Å². The first kappa shape index (κ1) is 13.3. The van der Waals surface area contributed by atoms with E-state index in [1.54, 1.807) is 6.92 Å². The first-order chi connectivity index (χ1) is 9.10. The maximum absolute atomic E-state index is 11.6. The average molecular weight is 279 g/mol. The maximum Gasteiger partial charge on any atom is 0.326 e. The van der Waals surface area contributed by atoms with Gasteiger partial charge in [-0.1, -0.05) is 30.4 Å². The van der Waals surface area contributed by atoms with E-state index in [1.165, 1.54) is 11.3 Å². The first-order valence-corrected chi connectivity index (χ1v) is 6.57. The van der Waals surface area contributed by atoms with Gasteiger partial charge in [-0.3, -0.25) is 5.32 Å². The number of aromatic nitrogens is 1. The van der Waals surface area contributed by atoms with E-state index >= 15 is 0 Å². The van der Waals surface area contributed by atoms with E-state index in [0.717, 1.165) is 10.2 Å². The van der Waals surface area contributed by atoms with Crippen molar-refractivity contribution < 1.29 is 14.7 Å². The maximum atomic E-state index is 11.6. The molecular formula is C12H13N3O3S. The monoisotopic (exact) mass is 279 g/mol. The van der Waals surface area contributed by atoms with Crippen molar-refractivity contribution in [2.75, 3.05) is 5.32 Å². The molecule has 2 aromatic rings. The largest absolute Gasteiger partial charge is 0.480 e. The molecular weight excluding hydrogens is 266 g/mol. The summed E-state index contributed by atoms with van der Waals surface area (Å²) in [5.74, 6) is -1.05. The van der Waals surface area contributed by atoms with Gasteiger partial charge in [0.1, 0.15) is 6.04 Å². The standard InChI is InChI=1S/C12H13N3O3S/c1-2-7(10(16)17)13-11(18)15-12-14-8-5-3-4-6-9(8)19-12/h3-7H,2H2,1H3,(H,16,17)(H2,13,14,15,18). The summed E-state index contributed by atoms with van der Waals surface area (Å²) in [7, 11) is 0. The number of nitrogens with zero attached hydrogens (tertiary/aromatic N) is 1. The Labute approximate surface area is 113 Å². The number of thiazole rings is 1. The topological polar surface area (TPSA) is 91.3 Å². The summed E-state index contributed by atoms with van der Waals surface area (Å²) in [5, 5.41) is 14.2. The zero-order chi connectivity index (χ0) is 13.8. The fraction of sp³-hybridized carbons (Fsp3) is 0.250. The zero-order valence-electron chi connectivity index (χ0n) is 10.2. The molecule has 1 aromatic carbocycles. The Balaban J connectivity index is 2.04. The third-order valence-corrected chi connectivity index (χ3v) is 3.48. The van der Waals surface area contributed by atoms with E-state index < -0.39 is 18.0 Å². The van der Waals surface area contributed by atoms with Crippen molar-refractivity contribution in [2.45, 2.75) is 19.4 Å². The highest BCUT2D eigenvalue weighted by atomic mass is 32.1. The van der Waals surface area contributed by atoms with Crippen LogP contribution in [-0.2, 0) is 4.79 Å². The number of carbonyl (C=O) groups is 2. The second-order valence-corrected chi connectivity index (χ2v) is 4.91. The molecule has 0 aliphatic rings. The Hall–Kier alpha value is -2.15. The Morgan fingerprint density at radius 1 is 1.42 bits per heavy atom. The predicted octanol–water partition coefficient (Wildman–Crippen LogP) is 2.28. The molecule has 0 aliphatic heterocycles. The van der Waals surface area contributed by atoms with Gasteiger partial charge in [-0.15, -0.1) is 0 Å². The summed E-state index contributed by atoms with van der Waals surface area (Å²) >= 11 is 1.34. The lowest BCUT2D eigenvalue weighted by Crippen LogP contribution is -2.42. The lowest BCUT2D eigenvalue weighted by molar-refractivity contribution is -0.139. The number of urea groups is 1. The fourth-order valence-corrected chi connectivity index (χ4v) is 2.42. The Kier molecular flexibility index (Phi) is 3.96. The third kappa shape index (κ3) is 3.19. The number of rotatable bonds is 4. The van der Waals surface area contributed by atoms with Crippen LogP contribution >= 0.6 is 11.3 Å². The SMILES string of the molecule is CCC(NC(=O)Nc1nc2ccccc2s1)C(=O)O. The van der Waals surface area contributed by atoms with Gasteiger partial charge < -0.3 is 10.4 Å². The second kappa shape index (κ2) is 5.66. The number of hydrogen-bond donors (Lipinski definition) is 3. The van der Waals surface area contributed by atoms with Crippen molar-refractivity contribution in [1.29, 1.82) is 0 Å². The average Bonchev–Trinajstić information content (AvgIpc) is 2.77. The van der Waals surface area contributed by atoms with E-state index in [4.69, 9.17) is 5.11 Å². The van der Waals surface area contributed by atoms with Crippen LogP contribution in [0.5, 0.6) is 0 Å². The van der Waals surface area contributed by atoms with Gasteiger partial charge >= 0.3 is 12.0 Å². The molecule has 7 heteroatoms. The van der Waals surface area contributed by atoms with Crippen LogP contribution in [0.15, 0.2) is 24.3 Å². The number of carboxylic acids is 1. The summed E-state index contributed by atoms with van der Waals surface area (Å²) < 4.78 is 0.961.